The Balaban J connectivity index is 1.47. The van der Waals surface area contributed by atoms with E-state index in [4.69, 9.17) is 17.3 Å². The largest absolute Gasteiger partial charge is 0.368 e. The maximum atomic E-state index is 12.4. The van der Waals surface area contributed by atoms with Crippen molar-refractivity contribution in [3.8, 4) is 0 Å². The summed E-state index contributed by atoms with van der Waals surface area (Å²) < 4.78 is 25.0. The number of nitrogens with two attached hydrogens (primary N) is 1. The number of nitrogen functional groups attached to an aromatic ring is 1. The first-order valence-electron chi connectivity index (χ1n) is 11.7. The lowest BCUT2D eigenvalue weighted by Gasteiger charge is -2.38. The summed E-state index contributed by atoms with van der Waals surface area (Å²) >= 11 is 6.04. The maximum absolute atomic E-state index is 12.4. The molecule has 10 nitrogen and oxygen atoms in total. The van der Waals surface area contributed by atoms with E-state index in [2.05, 4.69) is 25.0 Å². The van der Waals surface area contributed by atoms with Gasteiger partial charge in [-0.15, -0.1) is 5.10 Å². The van der Waals surface area contributed by atoms with Gasteiger partial charge < -0.3 is 10.6 Å². The number of hydrogen-bond donors (Lipinski definition) is 3. The second kappa shape index (κ2) is 11.3. The summed E-state index contributed by atoms with van der Waals surface area (Å²) in [5, 5.41) is 7.57. The first-order chi connectivity index (χ1) is 17.2. The van der Waals surface area contributed by atoms with E-state index in [-0.39, 0.29) is 0 Å². The van der Waals surface area contributed by atoms with Crippen molar-refractivity contribution < 1.29 is 13.2 Å². The number of anilines is 2. The van der Waals surface area contributed by atoms with E-state index in [1.54, 1.807) is 18.2 Å². The molecule has 1 aliphatic rings. The van der Waals surface area contributed by atoms with Gasteiger partial charge in [0.05, 0.1) is 6.26 Å². The van der Waals surface area contributed by atoms with Gasteiger partial charge in [0.15, 0.2) is 0 Å². The lowest BCUT2D eigenvalue weighted by Crippen LogP contribution is -2.45. The number of benzene rings is 2. The molecule has 0 bridgehead atoms. The van der Waals surface area contributed by atoms with Crippen LogP contribution in [0.1, 0.15) is 34.3 Å². The number of nitrogens with one attached hydrogen (secondary N) is 2. The minimum Gasteiger partial charge on any atom is -0.368 e. The molecule has 4 N–H and O–H groups in total. The molecule has 1 aliphatic heterocycles. The standard InChI is InChI=1S/C24H30ClN7O3S/c1-36(34,35)30-22(33)19-4-2-3-18(15-19)16-32(12-9-17-5-7-20(25)8-6-17)21-10-13-31(14-11-21)24-27-23(26)28-29-24/h2-8,15,21H,9-14,16H2,1H3,(H,30,33)(H3,26,27,28,29). The van der Waals surface area contributed by atoms with Gasteiger partial charge in [-0.2, -0.15) is 4.98 Å². The number of aromatic nitrogens is 3. The van der Waals surface area contributed by atoms with Crippen molar-refractivity contribution in [2.24, 2.45) is 0 Å². The van der Waals surface area contributed by atoms with E-state index >= 15 is 0 Å². The number of halogens is 1. The number of carbonyl (C=O) groups is 1. The summed E-state index contributed by atoms with van der Waals surface area (Å²) in [6.07, 6.45) is 3.65. The predicted molar refractivity (Wildman–Crippen MR) is 140 cm³/mol. The third-order valence-electron chi connectivity index (χ3n) is 6.21. The number of H-pyrrole nitrogens is 1. The highest BCUT2D eigenvalue weighted by atomic mass is 35.5. The van der Waals surface area contributed by atoms with Crippen LogP contribution in [-0.4, -0.2) is 66.3 Å². The van der Waals surface area contributed by atoms with Crippen LogP contribution in [0.2, 0.25) is 5.02 Å². The molecule has 1 aromatic heterocycles. The first kappa shape index (κ1) is 25.9. The summed E-state index contributed by atoms with van der Waals surface area (Å²) in [6.45, 7) is 3.05. The molecule has 1 amide bonds. The van der Waals surface area contributed by atoms with Crippen molar-refractivity contribution in [2.45, 2.75) is 31.8 Å². The van der Waals surface area contributed by atoms with Crippen molar-refractivity contribution in [1.29, 1.82) is 0 Å². The van der Waals surface area contributed by atoms with Gasteiger partial charge in [0.25, 0.3) is 5.91 Å². The fourth-order valence-corrected chi connectivity index (χ4v) is 5.01. The smallest absolute Gasteiger partial charge is 0.264 e. The zero-order chi connectivity index (χ0) is 25.7. The van der Waals surface area contributed by atoms with Crippen molar-refractivity contribution in [1.82, 2.24) is 24.8 Å². The molecule has 1 saturated heterocycles. The average molecular weight is 532 g/mol. The van der Waals surface area contributed by atoms with Gasteiger partial charge in [-0.1, -0.05) is 35.9 Å². The lowest BCUT2D eigenvalue weighted by atomic mass is 10.0. The Morgan fingerprint density at radius 3 is 2.56 bits per heavy atom. The highest BCUT2D eigenvalue weighted by molar-refractivity contribution is 7.89. The molecule has 0 radical (unpaired) electrons. The zero-order valence-electron chi connectivity index (χ0n) is 20.0. The number of nitrogens with zero attached hydrogens (tertiary/aromatic N) is 4. The van der Waals surface area contributed by atoms with Gasteiger partial charge in [0.1, 0.15) is 0 Å². The van der Waals surface area contributed by atoms with E-state index in [9.17, 15) is 13.2 Å². The molecular formula is C24H30ClN7O3S. The molecular weight excluding hydrogens is 502 g/mol. The van der Waals surface area contributed by atoms with Crippen LogP contribution in [0.5, 0.6) is 0 Å². The Hall–Kier alpha value is -3.15. The summed E-state index contributed by atoms with van der Waals surface area (Å²) in [5.41, 5.74) is 8.13. The van der Waals surface area contributed by atoms with E-state index in [1.165, 1.54) is 5.56 Å². The fraction of sp³-hybridized carbons (Fsp3) is 0.375. The van der Waals surface area contributed by atoms with Crippen LogP contribution in [0.4, 0.5) is 11.9 Å². The second-order valence-corrected chi connectivity index (χ2v) is 11.2. The molecule has 0 spiro atoms. The first-order valence-corrected chi connectivity index (χ1v) is 14.0. The molecule has 4 rings (SSSR count). The van der Waals surface area contributed by atoms with Crippen molar-refractivity contribution in [2.75, 3.05) is 36.5 Å². The number of aromatic amines is 1. The number of amides is 1. The number of piperidine rings is 1. The number of sulfonamides is 1. The quantitative estimate of drug-likeness (QED) is 0.383. The number of rotatable bonds is 9. The summed E-state index contributed by atoms with van der Waals surface area (Å²) in [6, 6.07) is 15.3. The molecule has 12 heteroatoms. The maximum Gasteiger partial charge on any atom is 0.264 e. The average Bonchev–Trinajstić information content (AvgIpc) is 3.28. The van der Waals surface area contributed by atoms with Crippen LogP contribution in [0, 0.1) is 0 Å². The molecule has 36 heavy (non-hydrogen) atoms. The highest BCUT2D eigenvalue weighted by Gasteiger charge is 2.26. The predicted octanol–water partition coefficient (Wildman–Crippen LogP) is 2.44. The Kier molecular flexibility index (Phi) is 8.12. The van der Waals surface area contributed by atoms with Gasteiger partial charge in [-0.25, -0.2) is 18.2 Å². The van der Waals surface area contributed by atoms with Crippen LogP contribution in [0.25, 0.3) is 0 Å². The van der Waals surface area contributed by atoms with Crippen LogP contribution < -0.4 is 15.4 Å². The number of hydrogen-bond acceptors (Lipinski definition) is 8. The monoisotopic (exact) mass is 531 g/mol. The normalized spacial score (nSPS) is 14.8. The molecule has 0 atom stereocenters. The van der Waals surface area contributed by atoms with Crippen molar-refractivity contribution in [3.63, 3.8) is 0 Å². The lowest BCUT2D eigenvalue weighted by molar-refractivity contribution is 0.0981. The molecule has 2 aromatic carbocycles. The van der Waals surface area contributed by atoms with Crippen LogP contribution >= 0.6 is 11.6 Å². The summed E-state index contributed by atoms with van der Waals surface area (Å²) in [7, 11) is -3.64. The van der Waals surface area contributed by atoms with Crippen molar-refractivity contribution >= 4 is 39.4 Å². The van der Waals surface area contributed by atoms with E-state index in [0.717, 1.165) is 50.7 Å². The summed E-state index contributed by atoms with van der Waals surface area (Å²) in [5.74, 6) is 0.283. The Bertz CT molecular complexity index is 1290. The van der Waals surface area contributed by atoms with E-state index < -0.39 is 15.9 Å². The van der Waals surface area contributed by atoms with E-state index in [0.29, 0.717) is 35.1 Å². The van der Waals surface area contributed by atoms with Gasteiger partial charge in [0.2, 0.25) is 21.9 Å². The molecule has 0 saturated carbocycles. The minimum absolute atomic E-state index is 0.302. The molecule has 0 unspecified atom stereocenters. The number of carbonyl (C=O) groups excluding carboxylic acids is 1. The summed E-state index contributed by atoms with van der Waals surface area (Å²) in [4.78, 5) is 21.2. The fourth-order valence-electron chi connectivity index (χ4n) is 4.42. The Morgan fingerprint density at radius 2 is 1.92 bits per heavy atom. The molecule has 2 heterocycles. The van der Waals surface area contributed by atoms with Crippen LogP contribution in [-0.2, 0) is 23.0 Å². The topological polar surface area (TPSA) is 137 Å². The van der Waals surface area contributed by atoms with Crippen LogP contribution in [0.15, 0.2) is 48.5 Å². The Labute approximate surface area is 215 Å². The third kappa shape index (κ3) is 7.19. The van der Waals surface area contributed by atoms with Crippen LogP contribution in [0.3, 0.4) is 0 Å². The molecule has 192 valence electrons. The second-order valence-electron chi connectivity index (χ2n) is 8.99. The molecule has 0 aliphatic carbocycles. The van der Waals surface area contributed by atoms with Crippen molar-refractivity contribution in [3.05, 3.63) is 70.2 Å². The zero-order valence-corrected chi connectivity index (χ0v) is 21.6. The minimum atomic E-state index is -3.64. The van der Waals surface area contributed by atoms with Gasteiger partial charge in [0, 0.05) is 42.8 Å². The Morgan fingerprint density at radius 1 is 1.19 bits per heavy atom. The SMILES string of the molecule is CS(=O)(=O)NC(=O)c1cccc(CN(CCc2ccc(Cl)cc2)C2CCN(c3n[nH]c(N)n3)CC2)c1. The van der Waals surface area contributed by atoms with E-state index in [1.807, 2.05) is 35.1 Å². The van der Waals surface area contributed by atoms with Gasteiger partial charge in [-0.3, -0.25) is 9.69 Å². The molecule has 3 aromatic rings. The third-order valence-corrected chi connectivity index (χ3v) is 7.02. The highest BCUT2D eigenvalue weighted by Crippen LogP contribution is 2.23. The van der Waals surface area contributed by atoms with Gasteiger partial charge in [-0.05, 0) is 54.7 Å². The van der Waals surface area contributed by atoms with Gasteiger partial charge >= 0.3 is 0 Å². The molecule has 1 fully saturated rings.